The molecule has 0 aliphatic rings. The molecule has 1 N–H and O–H groups in total. The van der Waals surface area contributed by atoms with E-state index in [1.54, 1.807) is 36.4 Å². The number of nitrogens with zero attached hydrogens (tertiary/aromatic N) is 1. The number of carbonyl (C=O) groups excluding carboxylic acids is 1. The lowest BCUT2D eigenvalue weighted by Crippen LogP contribution is -2.19. The molecule has 132 valence electrons. The molecule has 0 unspecified atom stereocenters. The molecular formula is C23H18N2O2. The Kier molecular flexibility index (Phi) is 5.34. The molecule has 0 spiro atoms. The van der Waals surface area contributed by atoms with Crippen molar-refractivity contribution in [1.29, 1.82) is 0 Å². The van der Waals surface area contributed by atoms with Crippen molar-refractivity contribution in [2.24, 2.45) is 0 Å². The van der Waals surface area contributed by atoms with Crippen LogP contribution in [0.15, 0.2) is 65.1 Å². The second-order valence-electron chi connectivity index (χ2n) is 5.78. The molecule has 1 amide bonds. The maximum absolute atomic E-state index is 12.4. The predicted molar refractivity (Wildman–Crippen MR) is 108 cm³/mol. The van der Waals surface area contributed by atoms with Crippen molar-refractivity contribution in [2.45, 2.75) is 6.92 Å². The fraction of sp³-hybridized carbons (Fsp3) is 0.0435. The lowest BCUT2D eigenvalue weighted by molar-refractivity contribution is 0.102. The van der Waals surface area contributed by atoms with E-state index in [0.29, 0.717) is 27.9 Å². The highest BCUT2D eigenvalue weighted by molar-refractivity contribution is 6.04. The Labute approximate surface area is 157 Å². The Morgan fingerprint density at radius 3 is 2.74 bits per heavy atom. The molecule has 0 fully saturated rings. The monoisotopic (exact) mass is 354 g/mol. The van der Waals surface area contributed by atoms with Gasteiger partial charge >= 0.3 is 0 Å². The number of aromatic nitrogens is 1. The van der Waals surface area contributed by atoms with Crippen molar-refractivity contribution < 1.29 is 9.21 Å². The zero-order valence-corrected chi connectivity index (χ0v) is 14.9. The van der Waals surface area contributed by atoms with Crippen LogP contribution < -0.4 is 16.1 Å². The number of benzene rings is 2. The minimum atomic E-state index is -0.219. The van der Waals surface area contributed by atoms with Crippen LogP contribution >= 0.6 is 0 Å². The number of hydrogen-bond donors (Lipinski definition) is 1. The minimum Gasteiger partial charge on any atom is -0.436 e. The van der Waals surface area contributed by atoms with Crippen LogP contribution in [-0.4, -0.2) is 10.9 Å². The Morgan fingerprint density at radius 2 is 2.04 bits per heavy atom. The molecule has 0 bridgehead atoms. The molecule has 4 heteroatoms. The number of nitrogens with one attached hydrogen (secondary N) is 1. The largest absolute Gasteiger partial charge is 0.436 e. The highest BCUT2D eigenvalue weighted by Gasteiger charge is 2.09. The quantitative estimate of drug-likeness (QED) is 0.731. The van der Waals surface area contributed by atoms with Crippen molar-refractivity contribution in [3.63, 3.8) is 0 Å². The van der Waals surface area contributed by atoms with Crippen LogP contribution in [0.25, 0.3) is 24.1 Å². The number of hydrogen-bond acceptors (Lipinski definition) is 3. The van der Waals surface area contributed by atoms with Crippen molar-refractivity contribution in [3.05, 3.63) is 82.6 Å². The molecule has 0 saturated carbocycles. The average Bonchev–Trinajstić information content (AvgIpc) is 3.07. The van der Waals surface area contributed by atoms with Crippen molar-refractivity contribution >= 4 is 24.2 Å². The normalized spacial score (nSPS) is 11.5. The van der Waals surface area contributed by atoms with Gasteiger partial charge in [-0.1, -0.05) is 30.7 Å². The van der Waals surface area contributed by atoms with Crippen LogP contribution in [0.1, 0.15) is 22.8 Å². The Balaban J connectivity index is 1.84. The summed E-state index contributed by atoms with van der Waals surface area (Å²) in [6.45, 7) is 5.81. The molecule has 1 heterocycles. The SMILES string of the molecule is C#Cc1ccc(C(=O)Nc2cccc(-c3nc(=C)/c(=C\C=C/C)o3)c2)cc1. The summed E-state index contributed by atoms with van der Waals surface area (Å²) >= 11 is 0. The van der Waals surface area contributed by atoms with E-state index in [2.05, 4.69) is 22.8 Å². The second kappa shape index (κ2) is 8.03. The van der Waals surface area contributed by atoms with Crippen molar-refractivity contribution in [2.75, 3.05) is 5.32 Å². The summed E-state index contributed by atoms with van der Waals surface area (Å²) in [4.78, 5) is 16.8. The van der Waals surface area contributed by atoms with E-state index < -0.39 is 0 Å². The lowest BCUT2D eigenvalue weighted by atomic mass is 10.1. The third kappa shape index (κ3) is 4.23. The second-order valence-corrected chi connectivity index (χ2v) is 5.78. The Hall–Kier alpha value is -3.84. The van der Waals surface area contributed by atoms with Gasteiger partial charge in [-0.15, -0.1) is 6.42 Å². The van der Waals surface area contributed by atoms with Crippen molar-refractivity contribution in [1.82, 2.24) is 4.98 Å². The molecule has 0 saturated heterocycles. The van der Waals surface area contributed by atoms with E-state index in [1.165, 1.54) is 0 Å². The first kappa shape index (κ1) is 18.0. The first-order valence-electron chi connectivity index (χ1n) is 8.38. The zero-order valence-electron chi connectivity index (χ0n) is 14.9. The van der Waals surface area contributed by atoms with Gasteiger partial charge in [0.2, 0.25) is 5.89 Å². The van der Waals surface area contributed by atoms with E-state index >= 15 is 0 Å². The molecule has 3 rings (SSSR count). The van der Waals surface area contributed by atoms with Crippen LogP contribution in [0.5, 0.6) is 0 Å². The summed E-state index contributed by atoms with van der Waals surface area (Å²) in [6.07, 6.45) is 10.9. The van der Waals surface area contributed by atoms with Crippen LogP contribution in [0.3, 0.4) is 0 Å². The number of allylic oxidation sites excluding steroid dienone is 2. The average molecular weight is 354 g/mol. The van der Waals surface area contributed by atoms with E-state index in [-0.39, 0.29) is 5.91 Å². The molecule has 3 aromatic rings. The molecular weight excluding hydrogens is 336 g/mol. The molecule has 0 radical (unpaired) electrons. The highest BCUT2D eigenvalue weighted by Crippen LogP contribution is 2.20. The lowest BCUT2D eigenvalue weighted by Gasteiger charge is -2.06. The summed E-state index contributed by atoms with van der Waals surface area (Å²) in [5.74, 6) is 2.76. The van der Waals surface area contributed by atoms with Crippen LogP contribution in [0.2, 0.25) is 0 Å². The third-order valence-corrected chi connectivity index (χ3v) is 3.85. The number of amides is 1. The van der Waals surface area contributed by atoms with Gasteiger partial charge < -0.3 is 9.73 Å². The maximum Gasteiger partial charge on any atom is 0.255 e. The minimum absolute atomic E-state index is 0.219. The molecule has 2 aromatic carbocycles. The molecule has 1 aromatic heterocycles. The van der Waals surface area contributed by atoms with Crippen LogP contribution in [0, 0.1) is 12.3 Å². The van der Waals surface area contributed by atoms with Gasteiger partial charge in [0.25, 0.3) is 5.91 Å². The third-order valence-electron chi connectivity index (χ3n) is 3.85. The Morgan fingerprint density at radius 1 is 1.26 bits per heavy atom. The summed E-state index contributed by atoms with van der Waals surface area (Å²) in [5.41, 5.74) is 3.25. The fourth-order valence-corrected chi connectivity index (χ4v) is 2.45. The molecule has 0 aliphatic heterocycles. The number of oxazole rings is 1. The first-order chi connectivity index (χ1) is 13.1. The smallest absolute Gasteiger partial charge is 0.255 e. The van der Waals surface area contributed by atoms with E-state index in [9.17, 15) is 4.79 Å². The van der Waals surface area contributed by atoms with Gasteiger partial charge in [0.1, 0.15) is 5.35 Å². The van der Waals surface area contributed by atoms with Crippen LogP contribution in [-0.2, 0) is 0 Å². The number of anilines is 1. The standard InChI is InChI=1S/C23H18N2O2/c1-4-6-10-21-16(3)24-23(27-21)19-8-7-9-20(15-19)25-22(26)18-13-11-17(5-2)12-14-18/h2,4,6-15H,3H2,1H3,(H,25,26)/b6-4-,21-10+. The van der Waals surface area contributed by atoms with Gasteiger partial charge in [0.15, 0.2) is 5.42 Å². The Bertz CT molecular complexity index is 1150. The van der Waals surface area contributed by atoms with Gasteiger partial charge in [0.05, 0.1) is 0 Å². The topological polar surface area (TPSA) is 55.1 Å². The van der Waals surface area contributed by atoms with E-state index in [0.717, 1.165) is 11.1 Å². The summed E-state index contributed by atoms with van der Waals surface area (Å²) < 4.78 is 5.76. The number of carbonyl (C=O) groups is 1. The highest BCUT2D eigenvalue weighted by atomic mass is 16.3. The van der Waals surface area contributed by atoms with E-state index in [1.807, 2.05) is 37.3 Å². The van der Waals surface area contributed by atoms with Gasteiger partial charge in [-0.05, 0) is 55.5 Å². The predicted octanol–water partition coefficient (Wildman–Crippen LogP) is 3.34. The first-order valence-corrected chi connectivity index (χ1v) is 8.38. The fourth-order valence-electron chi connectivity index (χ4n) is 2.45. The van der Waals surface area contributed by atoms with Gasteiger partial charge in [-0.3, -0.25) is 4.79 Å². The number of terminal acetylenes is 1. The summed E-state index contributed by atoms with van der Waals surface area (Å²) in [5, 5.41) is 3.43. The van der Waals surface area contributed by atoms with Gasteiger partial charge in [-0.25, -0.2) is 4.98 Å². The molecule has 27 heavy (non-hydrogen) atoms. The summed E-state index contributed by atoms with van der Waals surface area (Å²) in [7, 11) is 0. The van der Waals surface area contributed by atoms with Gasteiger partial charge in [-0.2, -0.15) is 0 Å². The van der Waals surface area contributed by atoms with Crippen LogP contribution in [0.4, 0.5) is 5.69 Å². The summed E-state index contributed by atoms with van der Waals surface area (Å²) in [6, 6.07) is 14.2. The zero-order chi connectivity index (χ0) is 19.2. The van der Waals surface area contributed by atoms with Gasteiger partial charge in [0, 0.05) is 22.4 Å². The molecule has 4 nitrogen and oxygen atoms in total. The molecule has 0 aliphatic carbocycles. The van der Waals surface area contributed by atoms with E-state index in [4.69, 9.17) is 10.8 Å². The number of rotatable bonds is 4. The molecule has 0 atom stereocenters. The maximum atomic E-state index is 12.4. The van der Waals surface area contributed by atoms with Crippen molar-refractivity contribution in [3.8, 4) is 23.8 Å².